The smallest absolute Gasteiger partial charge is 0.186 e. The van der Waals surface area contributed by atoms with Crippen molar-refractivity contribution in [2.24, 2.45) is 0 Å². The zero-order valence-electron chi connectivity index (χ0n) is 22.5. The molecule has 6 nitrogen and oxygen atoms in total. The number of piperidine rings is 1. The van der Waals surface area contributed by atoms with Crippen LogP contribution in [0.1, 0.15) is 34.8 Å². The Morgan fingerprint density at radius 3 is 3.19 bits per heavy atom. The van der Waals surface area contributed by atoms with Gasteiger partial charge < -0.3 is 5.31 Å². The fourth-order valence-corrected chi connectivity index (χ4v) is 3.26. The summed E-state index contributed by atoms with van der Waals surface area (Å²) < 4.78 is 90.6. The number of benzene rings is 1. The van der Waals surface area contributed by atoms with Crippen molar-refractivity contribution in [3.63, 3.8) is 0 Å². The maximum absolute atomic E-state index is 14.0. The second-order valence-electron chi connectivity index (χ2n) is 5.33. The third kappa shape index (κ3) is 4.00. The van der Waals surface area contributed by atoms with E-state index in [1.807, 2.05) is 0 Å². The van der Waals surface area contributed by atoms with Crippen LogP contribution >= 0.6 is 22.9 Å². The fraction of sp³-hybridized carbons (Fsp3) is 0.333. The van der Waals surface area contributed by atoms with E-state index in [9.17, 15) is 4.39 Å². The second kappa shape index (κ2) is 7.72. The first kappa shape index (κ1) is 10.3. The Labute approximate surface area is 177 Å². The Kier molecular flexibility index (Phi) is 2.94. The van der Waals surface area contributed by atoms with Crippen LogP contribution in [-0.2, 0) is 6.50 Å². The maximum atomic E-state index is 14.0. The zero-order valence-corrected chi connectivity index (χ0v) is 15.1. The molecule has 9 heteroatoms. The number of fused-ring (bicyclic) bond motifs is 1. The zero-order chi connectivity index (χ0) is 26.8. The van der Waals surface area contributed by atoms with Gasteiger partial charge in [-0.1, -0.05) is 29.0 Å². The van der Waals surface area contributed by atoms with Crippen LogP contribution in [0.2, 0.25) is 5.88 Å². The van der Waals surface area contributed by atoms with Crippen LogP contribution in [0.25, 0.3) is 10.3 Å². The first-order chi connectivity index (χ1) is 16.6. The number of nitriles is 1. The van der Waals surface area contributed by atoms with Gasteiger partial charge in [0.05, 0.1) is 8.30 Å². The molecule has 1 saturated heterocycles. The van der Waals surface area contributed by atoms with Gasteiger partial charge in [-0.25, -0.2) is 19.3 Å². The fourth-order valence-electron chi connectivity index (χ4n) is 2.33. The third-order valence-electron chi connectivity index (χ3n) is 3.54. The highest BCUT2D eigenvalue weighted by Gasteiger charge is 2.21. The van der Waals surface area contributed by atoms with Gasteiger partial charge in [0.1, 0.15) is 28.6 Å². The lowest BCUT2D eigenvalue weighted by Crippen LogP contribution is -2.38. The average Bonchev–Trinajstić information content (AvgIpc) is 3.18. The summed E-state index contributed by atoms with van der Waals surface area (Å²) in [6, 6.07) is -0.447. The number of hydrogen-bond acceptors (Lipinski definition) is 7. The van der Waals surface area contributed by atoms with Crippen LogP contribution in [0, 0.1) is 17.1 Å². The van der Waals surface area contributed by atoms with Gasteiger partial charge in [-0.15, -0.1) is 0 Å². The molecular weight excluding hydrogens is 387 g/mol. The molecule has 27 heavy (non-hydrogen) atoms. The Morgan fingerprint density at radius 2 is 2.41 bits per heavy atom. The van der Waals surface area contributed by atoms with E-state index in [0.29, 0.717) is 0 Å². The summed E-state index contributed by atoms with van der Waals surface area (Å²) in [4.78, 5) is 12.9. The molecule has 0 amide bonds. The summed E-state index contributed by atoms with van der Waals surface area (Å²) in [5.41, 5.74) is -0.963. The van der Waals surface area contributed by atoms with Gasteiger partial charge in [0.15, 0.2) is 11.7 Å². The van der Waals surface area contributed by atoms with Gasteiger partial charge in [-0.3, -0.25) is 4.90 Å². The van der Waals surface area contributed by atoms with Crippen molar-refractivity contribution < 1.29 is 16.8 Å². The highest BCUT2D eigenvalue weighted by molar-refractivity contribution is 7.21. The quantitative estimate of drug-likeness (QED) is 0.703. The lowest BCUT2D eigenvalue weighted by atomic mass is 10.0. The van der Waals surface area contributed by atoms with Crippen LogP contribution in [0.4, 0.5) is 10.2 Å². The van der Waals surface area contributed by atoms with Crippen molar-refractivity contribution in [2.45, 2.75) is 25.3 Å². The standard InChI is InChI=1S/C18H16ClFN6S/c19-18-25-15-16(22-10-23-17(15)27-18)24-13-3-5-26(6-4-13)9-11-1-2-14(20)12(7-11)8-21/h1-2,7,10,13H,3-6,9H2,(H,22,23,24)/i2D,3D2,4D2,9D2,13D/hD. The first-order valence-corrected chi connectivity index (χ1v) is 8.78. The number of halogens is 2. The SMILES string of the molecule is [2H]c1cc(C([2H])([2H])N2CC([2H])([2H])C([2H])(N([2H])c3ncnc4sc(Cl)nc34)C([2H])([2H])C2)cc(C#N)c1F. The third-order valence-corrected chi connectivity index (χ3v) is 4.61. The highest BCUT2D eigenvalue weighted by Crippen LogP contribution is 2.28. The van der Waals surface area contributed by atoms with Crippen LogP contribution in [0.3, 0.4) is 0 Å². The average molecular weight is 412 g/mol. The summed E-state index contributed by atoms with van der Waals surface area (Å²) in [5, 5.41) is 9.39. The molecule has 0 saturated carbocycles. The van der Waals surface area contributed by atoms with Gasteiger partial charge in [0.25, 0.3) is 0 Å². The molecule has 0 spiro atoms. The van der Waals surface area contributed by atoms with Gasteiger partial charge in [-0.2, -0.15) is 5.26 Å². The molecule has 0 unspecified atom stereocenters. The summed E-state index contributed by atoms with van der Waals surface area (Å²) in [6.07, 6.45) is -4.72. The largest absolute Gasteiger partial charge is 0.365 e. The van der Waals surface area contributed by atoms with E-state index in [2.05, 4.69) is 15.0 Å². The van der Waals surface area contributed by atoms with Gasteiger partial charge in [0.2, 0.25) is 0 Å². The summed E-state index contributed by atoms with van der Waals surface area (Å²) in [6.45, 7) is -4.39. The molecule has 3 aromatic rings. The predicted octanol–water partition coefficient (Wildman–Crippen LogP) is 3.83. The van der Waals surface area contributed by atoms with E-state index in [-0.39, 0.29) is 31.5 Å². The molecule has 0 bridgehead atoms. The van der Waals surface area contributed by atoms with Gasteiger partial charge in [-0.05, 0) is 30.4 Å². The molecule has 4 rings (SSSR count). The number of anilines is 1. The Morgan fingerprint density at radius 1 is 1.59 bits per heavy atom. The Hall–Kier alpha value is -2.34. The Balaban J connectivity index is 1.77. The molecular formula is C18H16ClFN6S. The van der Waals surface area contributed by atoms with E-state index >= 15 is 0 Å². The number of hydrogen-bond donors (Lipinski definition) is 1. The summed E-state index contributed by atoms with van der Waals surface area (Å²) in [5.74, 6) is -1.49. The number of thiazole rings is 1. The van der Waals surface area contributed by atoms with Crippen molar-refractivity contribution in [3.8, 4) is 6.07 Å². The first-order valence-electron chi connectivity index (χ1n) is 12.0. The van der Waals surface area contributed by atoms with E-state index in [1.54, 1.807) is 0 Å². The normalized spacial score (nSPS) is 26.0. The van der Waals surface area contributed by atoms with Crippen molar-refractivity contribution in [3.05, 3.63) is 45.9 Å². The topological polar surface area (TPSA) is 77.7 Å². The maximum Gasteiger partial charge on any atom is 0.186 e. The van der Waals surface area contributed by atoms with E-state index in [1.165, 1.54) is 6.07 Å². The minimum Gasteiger partial charge on any atom is -0.365 e. The van der Waals surface area contributed by atoms with E-state index < -0.39 is 55.8 Å². The predicted molar refractivity (Wildman–Crippen MR) is 103 cm³/mol. The van der Waals surface area contributed by atoms with Crippen LogP contribution < -0.4 is 5.31 Å². The number of nitrogens with zero attached hydrogens (tertiary/aromatic N) is 5. The van der Waals surface area contributed by atoms with Gasteiger partial charge >= 0.3 is 0 Å². The minimum absolute atomic E-state index is 0.0168. The molecule has 1 N–H and O–H groups in total. The molecule has 2 aromatic heterocycles. The molecule has 138 valence electrons. The van der Waals surface area contributed by atoms with Crippen molar-refractivity contribution in [1.82, 2.24) is 19.9 Å². The molecule has 0 aliphatic carbocycles. The van der Waals surface area contributed by atoms with Crippen LogP contribution in [0.5, 0.6) is 0 Å². The molecule has 0 atom stereocenters. The van der Waals surface area contributed by atoms with Crippen LogP contribution in [0.15, 0.2) is 24.5 Å². The molecule has 0 radical (unpaired) electrons. The Bertz CT molecular complexity index is 1380. The van der Waals surface area contributed by atoms with Crippen molar-refractivity contribution in [2.75, 3.05) is 18.4 Å². The monoisotopic (exact) mass is 411 g/mol. The van der Waals surface area contributed by atoms with Crippen molar-refractivity contribution in [1.29, 1.82) is 5.26 Å². The number of aromatic nitrogens is 3. The molecule has 3 heterocycles. The lowest BCUT2D eigenvalue weighted by Gasteiger charge is -2.32. The molecule has 1 aliphatic heterocycles. The second-order valence-corrected chi connectivity index (χ2v) is 6.89. The molecule has 1 fully saturated rings. The number of likely N-dealkylation sites (tertiary alicyclic amines) is 1. The van der Waals surface area contributed by atoms with Crippen LogP contribution in [-0.4, -0.2) is 39.0 Å². The van der Waals surface area contributed by atoms with Gasteiger partial charge in [0, 0.05) is 33.8 Å². The van der Waals surface area contributed by atoms with Crippen molar-refractivity contribution >= 4 is 39.1 Å². The van der Waals surface area contributed by atoms with E-state index in [0.717, 1.165) is 34.7 Å². The number of rotatable bonds is 4. The highest BCUT2D eigenvalue weighted by atomic mass is 35.5. The van der Waals surface area contributed by atoms with E-state index in [4.69, 9.17) is 29.2 Å². The molecule has 1 aromatic carbocycles. The molecule has 1 aliphatic rings. The summed E-state index contributed by atoms with van der Waals surface area (Å²) in [7, 11) is 0. The summed E-state index contributed by atoms with van der Waals surface area (Å²) >= 11 is 6.88. The minimum atomic E-state index is -2.94. The lowest BCUT2D eigenvalue weighted by molar-refractivity contribution is 0.211. The number of nitrogens with one attached hydrogen (secondary N) is 1.